The zero-order valence-corrected chi connectivity index (χ0v) is 17.4. The van der Waals surface area contributed by atoms with E-state index in [2.05, 4.69) is 10.3 Å². The fourth-order valence-electron chi connectivity index (χ4n) is 3.32. The molecule has 160 valence electrons. The average Bonchev–Trinajstić information content (AvgIpc) is 3.44. The second-order valence-corrected chi connectivity index (χ2v) is 7.93. The molecule has 3 aromatic heterocycles. The Bertz CT molecular complexity index is 1470. The molecule has 1 amide bonds. The molecule has 2 aromatic carbocycles. The van der Waals surface area contributed by atoms with E-state index in [1.807, 2.05) is 18.2 Å². The van der Waals surface area contributed by atoms with Crippen molar-refractivity contribution in [1.29, 1.82) is 0 Å². The summed E-state index contributed by atoms with van der Waals surface area (Å²) in [5, 5.41) is 3.79. The summed E-state index contributed by atoms with van der Waals surface area (Å²) in [5.41, 5.74) is 1.28. The third kappa shape index (κ3) is 3.90. The van der Waals surface area contributed by atoms with Gasteiger partial charge in [0, 0.05) is 11.1 Å². The van der Waals surface area contributed by atoms with Crippen molar-refractivity contribution in [2.75, 3.05) is 11.1 Å². The largest absolute Gasteiger partial charge is 0.467 e. The lowest BCUT2D eigenvalue weighted by molar-refractivity contribution is -0.113. The Kier molecular flexibility index (Phi) is 5.24. The predicted molar refractivity (Wildman–Crippen MR) is 119 cm³/mol. The monoisotopic (exact) mass is 449 g/mol. The first kappa shape index (κ1) is 20.1. The number of rotatable bonds is 6. The lowest BCUT2D eigenvalue weighted by atomic mass is 10.2. The van der Waals surface area contributed by atoms with Crippen LogP contribution < -0.4 is 10.9 Å². The minimum Gasteiger partial charge on any atom is -0.467 e. The van der Waals surface area contributed by atoms with Crippen molar-refractivity contribution in [3.8, 4) is 0 Å². The fraction of sp³-hybridized carbons (Fsp3) is 0.0870. The number of anilines is 1. The van der Waals surface area contributed by atoms with Gasteiger partial charge in [0.1, 0.15) is 22.7 Å². The standard InChI is InChI=1S/C23H16FN3O4S/c24-14-7-9-15(10-8-14)25-19(28)13-32-23-26-20-17-5-1-2-6-18(17)31-21(20)22(29)27(23)12-16-4-3-11-30-16/h1-11H,12-13H2,(H,25,28). The molecular formula is C23H16FN3O4S. The number of nitrogens with one attached hydrogen (secondary N) is 1. The van der Waals surface area contributed by atoms with Gasteiger partial charge in [-0.2, -0.15) is 0 Å². The van der Waals surface area contributed by atoms with Crippen LogP contribution in [-0.2, 0) is 11.3 Å². The number of hydrogen-bond donors (Lipinski definition) is 1. The first-order valence-corrected chi connectivity index (χ1v) is 10.7. The minimum absolute atomic E-state index is 0.00324. The van der Waals surface area contributed by atoms with Gasteiger partial charge in [-0.05, 0) is 48.5 Å². The minimum atomic E-state index is -0.385. The molecule has 0 fully saturated rings. The molecule has 5 aromatic rings. The molecule has 0 atom stereocenters. The van der Waals surface area contributed by atoms with Gasteiger partial charge in [-0.1, -0.05) is 23.9 Å². The highest BCUT2D eigenvalue weighted by molar-refractivity contribution is 7.99. The van der Waals surface area contributed by atoms with Gasteiger partial charge >= 0.3 is 0 Å². The predicted octanol–water partition coefficient (Wildman–Crippen LogP) is 4.65. The number of para-hydroxylation sites is 1. The number of furan rings is 2. The Morgan fingerprint density at radius 3 is 2.69 bits per heavy atom. The lowest BCUT2D eigenvalue weighted by Gasteiger charge is -2.10. The van der Waals surface area contributed by atoms with Gasteiger partial charge in [0.15, 0.2) is 5.16 Å². The molecule has 5 rings (SSSR count). The molecule has 0 aliphatic carbocycles. The zero-order valence-electron chi connectivity index (χ0n) is 16.6. The van der Waals surface area contributed by atoms with Crippen LogP contribution in [-0.4, -0.2) is 21.2 Å². The van der Waals surface area contributed by atoms with Gasteiger partial charge in [0.2, 0.25) is 11.5 Å². The van der Waals surface area contributed by atoms with Crippen LogP contribution in [0.2, 0.25) is 0 Å². The number of benzene rings is 2. The van der Waals surface area contributed by atoms with E-state index >= 15 is 0 Å². The summed E-state index contributed by atoms with van der Waals surface area (Å²) in [4.78, 5) is 30.3. The fourth-order valence-corrected chi connectivity index (χ4v) is 4.11. The molecule has 1 N–H and O–H groups in total. The number of amides is 1. The SMILES string of the molecule is O=C(CSc1nc2c(oc3ccccc32)c(=O)n1Cc1ccco1)Nc1ccc(F)cc1. The first-order valence-electron chi connectivity index (χ1n) is 9.71. The Labute approximate surface area is 184 Å². The summed E-state index contributed by atoms with van der Waals surface area (Å²) in [6, 6.07) is 16.3. The molecule has 32 heavy (non-hydrogen) atoms. The van der Waals surface area contributed by atoms with Crippen molar-refractivity contribution in [2.45, 2.75) is 11.7 Å². The molecule has 0 aliphatic heterocycles. The van der Waals surface area contributed by atoms with Gasteiger partial charge in [0.05, 0.1) is 18.6 Å². The maximum atomic E-state index is 13.3. The normalized spacial score (nSPS) is 11.3. The summed E-state index contributed by atoms with van der Waals surface area (Å²) < 4.78 is 25.7. The Balaban J connectivity index is 1.49. The van der Waals surface area contributed by atoms with Crippen molar-refractivity contribution < 1.29 is 18.0 Å². The lowest BCUT2D eigenvalue weighted by Crippen LogP contribution is -2.24. The number of carbonyl (C=O) groups excluding carboxylic acids is 1. The summed E-state index contributed by atoms with van der Waals surface area (Å²) in [6.45, 7) is 0.147. The van der Waals surface area contributed by atoms with Gasteiger partial charge in [-0.3, -0.25) is 14.2 Å². The van der Waals surface area contributed by atoms with E-state index in [1.165, 1.54) is 35.1 Å². The highest BCUT2D eigenvalue weighted by Crippen LogP contribution is 2.27. The number of aromatic nitrogens is 2. The van der Waals surface area contributed by atoms with Crippen LogP contribution in [0.15, 0.2) is 85.7 Å². The summed E-state index contributed by atoms with van der Waals surface area (Å²) in [6.07, 6.45) is 1.52. The molecular weight excluding hydrogens is 433 g/mol. The maximum absolute atomic E-state index is 13.3. The average molecular weight is 449 g/mol. The van der Waals surface area contributed by atoms with Crippen LogP contribution in [0.1, 0.15) is 5.76 Å². The first-order chi connectivity index (χ1) is 15.6. The quantitative estimate of drug-likeness (QED) is 0.300. The van der Waals surface area contributed by atoms with Gasteiger partial charge in [0.25, 0.3) is 5.56 Å². The van der Waals surface area contributed by atoms with E-state index in [4.69, 9.17) is 8.83 Å². The highest BCUT2D eigenvalue weighted by atomic mass is 32.2. The van der Waals surface area contributed by atoms with Crippen LogP contribution >= 0.6 is 11.8 Å². The number of carbonyl (C=O) groups is 1. The van der Waals surface area contributed by atoms with Crippen LogP contribution in [0.25, 0.3) is 22.1 Å². The summed E-state index contributed by atoms with van der Waals surface area (Å²) in [7, 11) is 0. The number of thioether (sulfide) groups is 1. The van der Waals surface area contributed by atoms with Crippen molar-refractivity contribution >= 4 is 45.4 Å². The van der Waals surface area contributed by atoms with Crippen molar-refractivity contribution in [3.05, 3.63) is 88.9 Å². The third-order valence-electron chi connectivity index (χ3n) is 4.80. The van der Waals surface area contributed by atoms with Crippen molar-refractivity contribution in [1.82, 2.24) is 9.55 Å². The number of fused-ring (bicyclic) bond motifs is 3. The molecule has 7 nitrogen and oxygen atoms in total. The topological polar surface area (TPSA) is 90.3 Å². The maximum Gasteiger partial charge on any atom is 0.298 e. The smallest absolute Gasteiger partial charge is 0.298 e. The molecule has 9 heteroatoms. The molecule has 0 bridgehead atoms. The Morgan fingerprint density at radius 1 is 1.09 bits per heavy atom. The second kappa shape index (κ2) is 8.35. The molecule has 0 unspecified atom stereocenters. The van der Waals surface area contributed by atoms with Crippen LogP contribution in [0.3, 0.4) is 0 Å². The number of halogens is 1. The van der Waals surface area contributed by atoms with Crippen LogP contribution in [0.4, 0.5) is 10.1 Å². The van der Waals surface area contributed by atoms with E-state index < -0.39 is 0 Å². The molecule has 3 heterocycles. The van der Waals surface area contributed by atoms with E-state index in [9.17, 15) is 14.0 Å². The number of nitrogens with zero attached hydrogens (tertiary/aromatic N) is 2. The molecule has 0 saturated carbocycles. The summed E-state index contributed by atoms with van der Waals surface area (Å²) >= 11 is 1.12. The zero-order chi connectivity index (χ0) is 22.1. The summed E-state index contributed by atoms with van der Waals surface area (Å²) in [5.74, 6) is -0.118. The van der Waals surface area contributed by atoms with Crippen LogP contribution in [0.5, 0.6) is 0 Å². The third-order valence-corrected chi connectivity index (χ3v) is 5.78. The van der Waals surface area contributed by atoms with Gasteiger partial charge in [-0.15, -0.1) is 0 Å². The molecule has 0 radical (unpaired) electrons. The van der Waals surface area contributed by atoms with Crippen molar-refractivity contribution in [2.24, 2.45) is 0 Å². The Hall–Kier alpha value is -3.85. The van der Waals surface area contributed by atoms with Gasteiger partial charge in [-0.25, -0.2) is 9.37 Å². The van der Waals surface area contributed by atoms with E-state index in [1.54, 1.807) is 18.2 Å². The van der Waals surface area contributed by atoms with E-state index in [-0.39, 0.29) is 35.2 Å². The van der Waals surface area contributed by atoms with E-state index in [0.717, 1.165) is 17.1 Å². The molecule has 0 aliphatic rings. The van der Waals surface area contributed by atoms with Crippen LogP contribution in [0, 0.1) is 5.82 Å². The Morgan fingerprint density at radius 2 is 1.91 bits per heavy atom. The highest BCUT2D eigenvalue weighted by Gasteiger charge is 2.19. The van der Waals surface area contributed by atoms with E-state index in [0.29, 0.717) is 27.7 Å². The second-order valence-electron chi connectivity index (χ2n) is 6.98. The van der Waals surface area contributed by atoms with Crippen molar-refractivity contribution in [3.63, 3.8) is 0 Å². The van der Waals surface area contributed by atoms with Gasteiger partial charge < -0.3 is 14.2 Å². The molecule has 0 spiro atoms. The number of hydrogen-bond acceptors (Lipinski definition) is 6. The molecule has 0 saturated heterocycles.